The maximum absolute atomic E-state index is 14.1. The molecule has 0 amide bonds. The number of rotatable bonds is 5. The zero-order chi connectivity index (χ0) is 18.0. The first-order valence-corrected chi connectivity index (χ1v) is 7.56. The number of carboxylic acids is 1. The molecule has 0 aliphatic heterocycles. The molecule has 2 heterocycles. The molecule has 1 aromatic carbocycles. The van der Waals surface area contributed by atoms with E-state index in [1.807, 2.05) is 0 Å². The first-order valence-electron chi connectivity index (χ1n) is 7.18. The lowest BCUT2D eigenvalue weighted by molar-refractivity contribution is 0.0696. The zero-order valence-electron chi connectivity index (χ0n) is 13.0. The Labute approximate surface area is 146 Å². The molecule has 3 rings (SSSR count). The van der Waals surface area contributed by atoms with E-state index in [0.717, 1.165) is 0 Å². The van der Waals surface area contributed by atoms with Gasteiger partial charge in [-0.1, -0.05) is 16.8 Å². The minimum Gasteiger partial charge on any atom is -0.478 e. The van der Waals surface area contributed by atoms with Gasteiger partial charge < -0.3 is 14.4 Å². The Kier molecular flexibility index (Phi) is 4.67. The van der Waals surface area contributed by atoms with Crippen molar-refractivity contribution in [2.75, 3.05) is 0 Å². The Morgan fingerprint density at radius 2 is 2.16 bits per heavy atom. The molecule has 1 N–H and O–H groups in total. The van der Waals surface area contributed by atoms with Gasteiger partial charge in [-0.25, -0.2) is 14.2 Å². The maximum Gasteiger partial charge on any atom is 0.337 e. The van der Waals surface area contributed by atoms with E-state index in [0.29, 0.717) is 17.0 Å². The van der Waals surface area contributed by atoms with Crippen molar-refractivity contribution in [2.45, 2.75) is 13.5 Å². The summed E-state index contributed by atoms with van der Waals surface area (Å²) in [5, 5.41) is 13.0. The van der Waals surface area contributed by atoms with Crippen molar-refractivity contribution >= 4 is 17.6 Å². The summed E-state index contributed by atoms with van der Waals surface area (Å²) in [5.74, 6) is -0.889. The van der Waals surface area contributed by atoms with Crippen molar-refractivity contribution in [3.8, 4) is 17.1 Å². The van der Waals surface area contributed by atoms with Crippen molar-refractivity contribution in [2.24, 2.45) is 0 Å². The summed E-state index contributed by atoms with van der Waals surface area (Å²) in [6.45, 7) is 1.72. The van der Waals surface area contributed by atoms with E-state index in [9.17, 15) is 9.18 Å². The standard InChI is InChI=1S/C17H12ClFN2O4/c1-9-13(8-24-15-5-2-10(7-20-15)17(22)23)16(21-25-9)12-4-3-11(18)6-14(12)19/h2-7H,8H2,1H3,(H,22,23). The van der Waals surface area contributed by atoms with Gasteiger partial charge in [0.25, 0.3) is 0 Å². The average Bonchev–Trinajstić information content (AvgIpc) is 2.94. The normalized spacial score (nSPS) is 10.7. The fourth-order valence-corrected chi connectivity index (χ4v) is 2.35. The minimum atomic E-state index is -1.07. The van der Waals surface area contributed by atoms with Gasteiger partial charge >= 0.3 is 5.97 Å². The number of aryl methyl sites for hydroxylation is 1. The Balaban J connectivity index is 1.83. The van der Waals surface area contributed by atoms with Gasteiger partial charge in [0, 0.05) is 22.8 Å². The first-order chi connectivity index (χ1) is 12.0. The molecule has 0 atom stereocenters. The third kappa shape index (κ3) is 3.61. The number of aromatic nitrogens is 2. The summed E-state index contributed by atoms with van der Waals surface area (Å²) < 4.78 is 24.8. The molecular weight excluding hydrogens is 351 g/mol. The summed E-state index contributed by atoms with van der Waals surface area (Å²) in [5.41, 5.74) is 1.17. The van der Waals surface area contributed by atoms with Crippen LogP contribution in [0.3, 0.4) is 0 Å². The molecule has 0 unspecified atom stereocenters. The smallest absolute Gasteiger partial charge is 0.337 e. The highest BCUT2D eigenvalue weighted by Crippen LogP contribution is 2.29. The van der Waals surface area contributed by atoms with E-state index in [2.05, 4.69) is 10.1 Å². The molecule has 0 aliphatic rings. The Morgan fingerprint density at radius 1 is 1.36 bits per heavy atom. The monoisotopic (exact) mass is 362 g/mol. The summed E-state index contributed by atoms with van der Waals surface area (Å²) in [6.07, 6.45) is 1.19. The number of carbonyl (C=O) groups is 1. The molecule has 8 heteroatoms. The fraction of sp³-hybridized carbons (Fsp3) is 0.118. The van der Waals surface area contributed by atoms with Crippen molar-refractivity contribution in [3.63, 3.8) is 0 Å². The predicted molar refractivity (Wildman–Crippen MR) is 87.2 cm³/mol. The second kappa shape index (κ2) is 6.90. The van der Waals surface area contributed by atoms with Crippen molar-refractivity contribution in [3.05, 3.63) is 64.3 Å². The van der Waals surface area contributed by atoms with E-state index < -0.39 is 11.8 Å². The SMILES string of the molecule is Cc1onc(-c2ccc(Cl)cc2F)c1COc1ccc(C(=O)O)cn1. The molecular formula is C17H12ClFN2O4. The number of carboxylic acid groups (broad SMARTS) is 1. The Hall–Kier alpha value is -2.93. The van der Waals surface area contributed by atoms with Crippen LogP contribution in [0.15, 0.2) is 41.1 Å². The number of benzene rings is 1. The van der Waals surface area contributed by atoms with Gasteiger partial charge in [-0.2, -0.15) is 0 Å². The molecule has 25 heavy (non-hydrogen) atoms. The molecule has 128 valence electrons. The molecule has 0 radical (unpaired) electrons. The van der Waals surface area contributed by atoms with Crippen LogP contribution in [0.4, 0.5) is 4.39 Å². The van der Waals surface area contributed by atoms with Gasteiger partial charge in [0.15, 0.2) is 0 Å². The van der Waals surface area contributed by atoms with Gasteiger partial charge in [0.1, 0.15) is 23.9 Å². The van der Waals surface area contributed by atoms with Crippen LogP contribution in [-0.4, -0.2) is 21.2 Å². The lowest BCUT2D eigenvalue weighted by Gasteiger charge is -2.07. The van der Waals surface area contributed by atoms with Crippen LogP contribution in [0.5, 0.6) is 5.88 Å². The van der Waals surface area contributed by atoms with E-state index in [4.69, 9.17) is 26.0 Å². The quantitative estimate of drug-likeness (QED) is 0.735. The summed E-state index contributed by atoms with van der Waals surface area (Å²) in [6, 6.07) is 7.08. The third-order valence-electron chi connectivity index (χ3n) is 3.52. The summed E-state index contributed by atoms with van der Waals surface area (Å²) >= 11 is 5.77. The highest BCUT2D eigenvalue weighted by atomic mass is 35.5. The molecule has 0 saturated heterocycles. The molecule has 0 spiro atoms. The Bertz CT molecular complexity index is 925. The molecule has 0 fully saturated rings. The largest absolute Gasteiger partial charge is 0.478 e. The fourth-order valence-electron chi connectivity index (χ4n) is 2.19. The van der Waals surface area contributed by atoms with Gasteiger partial charge in [-0.3, -0.25) is 0 Å². The van der Waals surface area contributed by atoms with Crippen LogP contribution in [0.25, 0.3) is 11.3 Å². The number of hydrogen-bond donors (Lipinski definition) is 1. The summed E-state index contributed by atoms with van der Waals surface area (Å²) in [4.78, 5) is 14.7. The number of nitrogens with zero attached hydrogens (tertiary/aromatic N) is 2. The number of halogens is 2. The van der Waals surface area contributed by atoms with E-state index in [1.165, 1.54) is 30.5 Å². The van der Waals surface area contributed by atoms with Gasteiger partial charge in [-0.15, -0.1) is 0 Å². The second-order valence-electron chi connectivity index (χ2n) is 5.17. The molecule has 0 aliphatic carbocycles. The maximum atomic E-state index is 14.1. The highest BCUT2D eigenvalue weighted by molar-refractivity contribution is 6.30. The van der Waals surface area contributed by atoms with Crippen LogP contribution in [0, 0.1) is 12.7 Å². The lowest BCUT2D eigenvalue weighted by atomic mass is 10.1. The van der Waals surface area contributed by atoms with Crippen LogP contribution in [0.2, 0.25) is 5.02 Å². The van der Waals surface area contributed by atoms with Crippen LogP contribution < -0.4 is 4.74 Å². The van der Waals surface area contributed by atoms with E-state index in [-0.39, 0.29) is 28.6 Å². The second-order valence-corrected chi connectivity index (χ2v) is 5.61. The van der Waals surface area contributed by atoms with Gasteiger partial charge in [-0.05, 0) is 31.2 Å². The van der Waals surface area contributed by atoms with Crippen LogP contribution >= 0.6 is 11.6 Å². The Morgan fingerprint density at radius 3 is 2.80 bits per heavy atom. The van der Waals surface area contributed by atoms with Crippen molar-refractivity contribution in [1.82, 2.24) is 10.1 Å². The molecule has 3 aromatic rings. The molecule has 6 nitrogen and oxygen atoms in total. The van der Waals surface area contributed by atoms with Crippen molar-refractivity contribution < 1.29 is 23.6 Å². The van der Waals surface area contributed by atoms with E-state index >= 15 is 0 Å². The third-order valence-corrected chi connectivity index (χ3v) is 3.75. The van der Waals surface area contributed by atoms with E-state index in [1.54, 1.807) is 13.0 Å². The zero-order valence-corrected chi connectivity index (χ0v) is 13.7. The van der Waals surface area contributed by atoms with Crippen LogP contribution in [-0.2, 0) is 6.61 Å². The molecule has 0 saturated carbocycles. The first kappa shape index (κ1) is 16.9. The number of hydrogen-bond acceptors (Lipinski definition) is 5. The van der Waals surface area contributed by atoms with Gasteiger partial charge in [0.05, 0.1) is 11.1 Å². The molecule has 2 aromatic heterocycles. The number of aromatic carboxylic acids is 1. The topological polar surface area (TPSA) is 85.5 Å². The number of ether oxygens (including phenoxy) is 1. The van der Waals surface area contributed by atoms with Crippen LogP contribution in [0.1, 0.15) is 21.7 Å². The predicted octanol–water partition coefficient (Wildman–Crippen LogP) is 4.11. The lowest BCUT2D eigenvalue weighted by Crippen LogP contribution is -2.02. The van der Waals surface area contributed by atoms with Gasteiger partial charge in [0.2, 0.25) is 5.88 Å². The number of pyridine rings is 1. The molecule has 0 bridgehead atoms. The highest BCUT2D eigenvalue weighted by Gasteiger charge is 2.19. The minimum absolute atomic E-state index is 0.0339. The summed E-state index contributed by atoms with van der Waals surface area (Å²) in [7, 11) is 0. The van der Waals surface area contributed by atoms with Crippen molar-refractivity contribution in [1.29, 1.82) is 0 Å². The average molecular weight is 363 g/mol.